The molecule has 25 heavy (non-hydrogen) atoms. The van der Waals surface area contributed by atoms with Crippen molar-refractivity contribution in [3.05, 3.63) is 63.9 Å². The van der Waals surface area contributed by atoms with Gasteiger partial charge >= 0.3 is 0 Å². The number of carbonyl (C=O) groups excluding carboxylic acids is 1. The van der Waals surface area contributed by atoms with Gasteiger partial charge in [-0.15, -0.1) is 11.3 Å². The van der Waals surface area contributed by atoms with Crippen molar-refractivity contribution in [2.24, 2.45) is 0 Å². The van der Waals surface area contributed by atoms with E-state index >= 15 is 0 Å². The number of pyridine rings is 1. The number of aryl methyl sites for hydroxylation is 1. The van der Waals surface area contributed by atoms with E-state index in [-0.39, 0.29) is 11.5 Å². The highest BCUT2D eigenvalue weighted by Gasteiger charge is 2.32. The van der Waals surface area contributed by atoms with Crippen molar-refractivity contribution in [2.45, 2.75) is 26.3 Å². The molecular formula is C18H18N4O2S. The fraction of sp³-hybridized carbons (Fsp3) is 0.222. The van der Waals surface area contributed by atoms with Gasteiger partial charge in [0.2, 0.25) is 0 Å². The number of nitrogens with zero attached hydrogens (tertiary/aromatic N) is 3. The third kappa shape index (κ3) is 3.36. The zero-order valence-corrected chi connectivity index (χ0v) is 15.0. The molecule has 3 aromatic rings. The van der Waals surface area contributed by atoms with Gasteiger partial charge in [-0.1, -0.05) is 12.1 Å². The Morgan fingerprint density at radius 2 is 2.00 bits per heavy atom. The number of thiophene rings is 1. The van der Waals surface area contributed by atoms with Crippen LogP contribution in [0.5, 0.6) is 0 Å². The average Bonchev–Trinajstić information content (AvgIpc) is 3.11. The van der Waals surface area contributed by atoms with Crippen LogP contribution >= 0.6 is 11.3 Å². The highest BCUT2D eigenvalue weighted by atomic mass is 32.1. The first-order chi connectivity index (χ1) is 11.9. The molecule has 0 aliphatic rings. The molecule has 0 saturated heterocycles. The minimum atomic E-state index is -1.17. The predicted molar refractivity (Wildman–Crippen MR) is 98.7 cm³/mol. The average molecular weight is 354 g/mol. The molecule has 0 aromatic carbocycles. The van der Waals surface area contributed by atoms with Crippen LogP contribution in [0, 0.1) is 6.92 Å². The van der Waals surface area contributed by atoms with Crippen molar-refractivity contribution in [3.8, 4) is 10.6 Å². The maximum atomic E-state index is 12.8. The van der Waals surface area contributed by atoms with E-state index in [1.54, 1.807) is 32.2 Å². The van der Waals surface area contributed by atoms with Gasteiger partial charge < -0.3 is 5.32 Å². The third-order valence-corrected chi connectivity index (χ3v) is 4.79. The van der Waals surface area contributed by atoms with E-state index in [1.165, 1.54) is 22.1 Å². The maximum absolute atomic E-state index is 12.8. The van der Waals surface area contributed by atoms with Crippen LogP contribution in [0.4, 0.5) is 5.82 Å². The molecule has 6 nitrogen and oxygen atoms in total. The van der Waals surface area contributed by atoms with Gasteiger partial charge in [-0.05, 0) is 49.9 Å². The fourth-order valence-electron chi connectivity index (χ4n) is 2.34. The van der Waals surface area contributed by atoms with Gasteiger partial charge in [0.05, 0.1) is 4.88 Å². The summed E-state index contributed by atoms with van der Waals surface area (Å²) in [5.41, 5.74) is -0.00380. The predicted octanol–water partition coefficient (Wildman–Crippen LogP) is 3.05. The monoisotopic (exact) mass is 354 g/mol. The topological polar surface area (TPSA) is 76.9 Å². The first kappa shape index (κ1) is 17.0. The molecule has 0 radical (unpaired) electrons. The third-order valence-electron chi connectivity index (χ3n) is 3.90. The van der Waals surface area contributed by atoms with Gasteiger partial charge in [0.1, 0.15) is 17.1 Å². The van der Waals surface area contributed by atoms with Gasteiger partial charge in [-0.25, -0.2) is 9.67 Å². The molecule has 3 heterocycles. The quantitative estimate of drug-likeness (QED) is 0.781. The molecular weight excluding hydrogens is 336 g/mol. The summed E-state index contributed by atoms with van der Waals surface area (Å²) in [6.07, 6.45) is 1.61. The van der Waals surface area contributed by atoms with Gasteiger partial charge in [0.25, 0.3) is 11.5 Å². The Hall–Kier alpha value is -2.80. The lowest BCUT2D eigenvalue weighted by Gasteiger charge is -2.25. The van der Waals surface area contributed by atoms with Crippen molar-refractivity contribution in [1.29, 1.82) is 0 Å². The molecule has 7 heteroatoms. The Balaban J connectivity index is 1.96. The lowest BCUT2D eigenvalue weighted by atomic mass is 10.0. The largest absolute Gasteiger partial charge is 0.308 e. The summed E-state index contributed by atoms with van der Waals surface area (Å²) in [6.45, 7) is 5.18. The molecule has 0 saturated carbocycles. The summed E-state index contributed by atoms with van der Waals surface area (Å²) in [7, 11) is 0. The van der Waals surface area contributed by atoms with Crippen LogP contribution in [0.3, 0.4) is 0 Å². The minimum Gasteiger partial charge on any atom is -0.308 e. The number of aromatic nitrogens is 3. The Bertz CT molecular complexity index is 961. The molecule has 1 amide bonds. The number of nitrogens with one attached hydrogen (secondary N) is 1. The summed E-state index contributed by atoms with van der Waals surface area (Å²) in [5, 5.41) is 9.13. The van der Waals surface area contributed by atoms with Crippen LogP contribution in [0.25, 0.3) is 10.6 Å². The van der Waals surface area contributed by atoms with Crippen LogP contribution in [0.2, 0.25) is 0 Å². The summed E-state index contributed by atoms with van der Waals surface area (Å²) in [6, 6.07) is 10.6. The highest BCUT2D eigenvalue weighted by molar-refractivity contribution is 7.13. The SMILES string of the molecule is Cc1cccnc1NC(=O)C(C)(C)n1nc(-c2cccs2)ccc1=O. The van der Waals surface area contributed by atoms with Gasteiger partial charge in [0.15, 0.2) is 0 Å². The van der Waals surface area contributed by atoms with Crippen molar-refractivity contribution < 1.29 is 4.79 Å². The van der Waals surface area contributed by atoms with E-state index in [9.17, 15) is 9.59 Å². The maximum Gasteiger partial charge on any atom is 0.267 e. The number of carbonyl (C=O) groups is 1. The molecule has 0 spiro atoms. The summed E-state index contributed by atoms with van der Waals surface area (Å²) in [4.78, 5) is 30.2. The van der Waals surface area contributed by atoms with Crippen LogP contribution in [-0.2, 0) is 10.3 Å². The van der Waals surface area contributed by atoms with Crippen molar-refractivity contribution in [3.63, 3.8) is 0 Å². The van der Waals surface area contributed by atoms with Crippen molar-refractivity contribution in [1.82, 2.24) is 14.8 Å². The summed E-state index contributed by atoms with van der Waals surface area (Å²) in [5.74, 6) is 0.121. The lowest BCUT2D eigenvalue weighted by molar-refractivity contribution is -0.123. The van der Waals surface area contributed by atoms with E-state index in [2.05, 4.69) is 15.4 Å². The van der Waals surface area contributed by atoms with E-state index in [0.29, 0.717) is 11.5 Å². The van der Waals surface area contributed by atoms with E-state index in [1.807, 2.05) is 30.5 Å². The molecule has 3 aromatic heterocycles. The normalized spacial score (nSPS) is 11.3. The second-order valence-corrected chi connectivity index (χ2v) is 7.08. The minimum absolute atomic E-state index is 0.335. The highest BCUT2D eigenvalue weighted by Crippen LogP contribution is 2.23. The molecule has 0 aliphatic heterocycles. The molecule has 3 rings (SSSR count). The van der Waals surface area contributed by atoms with Crippen LogP contribution in [0.15, 0.2) is 52.8 Å². The van der Waals surface area contributed by atoms with E-state index in [4.69, 9.17) is 0 Å². The zero-order valence-electron chi connectivity index (χ0n) is 14.2. The van der Waals surface area contributed by atoms with Crippen molar-refractivity contribution >= 4 is 23.1 Å². The standard InChI is InChI=1S/C18H18N4O2S/c1-12-6-4-10-19-16(12)20-17(24)18(2,3)22-15(23)9-8-13(21-22)14-7-5-11-25-14/h4-11H,1-3H3,(H,19,20,24). The summed E-state index contributed by atoms with van der Waals surface area (Å²) < 4.78 is 1.22. The molecule has 0 bridgehead atoms. The second-order valence-electron chi connectivity index (χ2n) is 6.13. The molecule has 1 N–H and O–H groups in total. The number of anilines is 1. The van der Waals surface area contributed by atoms with Crippen LogP contribution < -0.4 is 10.9 Å². The fourth-order valence-corrected chi connectivity index (χ4v) is 3.03. The van der Waals surface area contributed by atoms with E-state index in [0.717, 1.165) is 10.4 Å². The Labute approximate surface area is 149 Å². The smallest absolute Gasteiger partial charge is 0.267 e. The first-order valence-electron chi connectivity index (χ1n) is 7.77. The number of amides is 1. The van der Waals surface area contributed by atoms with Crippen molar-refractivity contribution in [2.75, 3.05) is 5.32 Å². The zero-order chi connectivity index (χ0) is 18.0. The molecule has 128 valence electrons. The number of rotatable bonds is 4. The van der Waals surface area contributed by atoms with Gasteiger partial charge in [0, 0.05) is 12.3 Å². The second kappa shape index (κ2) is 6.60. The van der Waals surface area contributed by atoms with E-state index < -0.39 is 5.54 Å². The van der Waals surface area contributed by atoms with Crippen LogP contribution in [-0.4, -0.2) is 20.7 Å². The Morgan fingerprint density at radius 3 is 2.68 bits per heavy atom. The Kier molecular flexibility index (Phi) is 4.50. The number of hydrogen-bond donors (Lipinski definition) is 1. The lowest BCUT2D eigenvalue weighted by Crippen LogP contribution is -2.47. The number of hydrogen-bond acceptors (Lipinski definition) is 5. The molecule has 0 atom stereocenters. The first-order valence-corrected chi connectivity index (χ1v) is 8.65. The van der Waals surface area contributed by atoms with Crippen LogP contribution in [0.1, 0.15) is 19.4 Å². The Morgan fingerprint density at radius 1 is 1.20 bits per heavy atom. The molecule has 0 aliphatic carbocycles. The molecule has 0 unspecified atom stereocenters. The summed E-state index contributed by atoms with van der Waals surface area (Å²) >= 11 is 1.53. The van der Waals surface area contributed by atoms with Gasteiger partial charge in [-0.3, -0.25) is 9.59 Å². The molecule has 0 fully saturated rings. The van der Waals surface area contributed by atoms with Gasteiger partial charge in [-0.2, -0.15) is 5.10 Å².